The number of hydrogen-bond donors (Lipinski definition) is 1. The number of nitrogens with one attached hydrogen (secondary N) is 1. The molecule has 1 aromatic heterocycles. The molecule has 24 heavy (non-hydrogen) atoms. The van der Waals surface area contributed by atoms with Crippen molar-refractivity contribution in [2.24, 2.45) is 7.05 Å². The molecule has 0 atom stereocenters. The fourth-order valence-corrected chi connectivity index (χ4v) is 3.27. The third-order valence-corrected chi connectivity index (χ3v) is 4.52. The summed E-state index contributed by atoms with van der Waals surface area (Å²) >= 11 is 0. The lowest BCUT2D eigenvalue weighted by Crippen LogP contribution is -2.17. The molecule has 1 aliphatic heterocycles. The maximum absolute atomic E-state index is 5.43. The highest BCUT2D eigenvalue weighted by molar-refractivity contribution is 5.85. The summed E-state index contributed by atoms with van der Waals surface area (Å²) < 4.78 is 7.22. The molecule has 2 aromatic rings. The summed E-state index contributed by atoms with van der Waals surface area (Å²) in [5.74, 6) is 0.833. The van der Waals surface area contributed by atoms with Gasteiger partial charge in [0.2, 0.25) is 5.88 Å². The number of aromatic nitrogens is 2. The summed E-state index contributed by atoms with van der Waals surface area (Å²) in [4.78, 5) is 2.46. The van der Waals surface area contributed by atoms with Crippen LogP contribution in [0.15, 0.2) is 24.3 Å². The van der Waals surface area contributed by atoms with E-state index in [-0.39, 0.29) is 12.4 Å². The first kappa shape index (κ1) is 18.6. The summed E-state index contributed by atoms with van der Waals surface area (Å²) in [6, 6.07) is 8.90. The van der Waals surface area contributed by atoms with E-state index in [0.29, 0.717) is 0 Å². The zero-order chi connectivity index (χ0) is 16.2. The number of halogens is 1. The van der Waals surface area contributed by atoms with Gasteiger partial charge in [0.1, 0.15) is 0 Å². The van der Waals surface area contributed by atoms with Crippen LogP contribution < -0.4 is 15.0 Å². The van der Waals surface area contributed by atoms with Crippen LogP contribution in [-0.4, -0.2) is 30.0 Å². The van der Waals surface area contributed by atoms with E-state index in [1.165, 1.54) is 37.2 Å². The molecule has 0 aliphatic carbocycles. The predicted octanol–water partition coefficient (Wildman–Crippen LogP) is 3.05. The molecule has 0 spiro atoms. The average molecular weight is 351 g/mol. The molecule has 1 aromatic carbocycles. The van der Waals surface area contributed by atoms with Crippen LogP contribution in [0.25, 0.3) is 0 Å². The van der Waals surface area contributed by atoms with E-state index in [2.05, 4.69) is 39.6 Å². The van der Waals surface area contributed by atoms with Crippen molar-refractivity contribution in [3.63, 3.8) is 0 Å². The van der Waals surface area contributed by atoms with Crippen molar-refractivity contribution in [2.75, 3.05) is 25.1 Å². The lowest BCUT2D eigenvalue weighted by molar-refractivity contribution is 0.368. The summed E-state index contributed by atoms with van der Waals surface area (Å²) in [7, 11) is 3.60. The van der Waals surface area contributed by atoms with Gasteiger partial charge in [-0.05, 0) is 37.5 Å². The number of methoxy groups -OCH3 is 1. The van der Waals surface area contributed by atoms with Gasteiger partial charge in [0.15, 0.2) is 0 Å². The minimum atomic E-state index is 0. The molecule has 3 rings (SSSR count). The molecule has 1 fully saturated rings. The van der Waals surface area contributed by atoms with Crippen LogP contribution in [-0.2, 0) is 20.1 Å². The Morgan fingerprint density at radius 2 is 1.79 bits per heavy atom. The number of anilines is 1. The Morgan fingerprint density at radius 3 is 2.42 bits per heavy atom. The molecule has 5 nitrogen and oxygen atoms in total. The van der Waals surface area contributed by atoms with E-state index in [9.17, 15) is 0 Å². The van der Waals surface area contributed by atoms with E-state index in [4.69, 9.17) is 4.74 Å². The SMILES string of the molecule is COc1c(CNCc2ccc(N3CCCC3)cc2)c(C)nn1C.Cl. The van der Waals surface area contributed by atoms with Gasteiger partial charge in [0.25, 0.3) is 0 Å². The molecule has 0 unspecified atom stereocenters. The van der Waals surface area contributed by atoms with E-state index < -0.39 is 0 Å². The molecule has 2 heterocycles. The van der Waals surface area contributed by atoms with Gasteiger partial charge in [0, 0.05) is 38.9 Å². The Labute approximate surface area is 150 Å². The highest BCUT2D eigenvalue weighted by Gasteiger charge is 2.14. The van der Waals surface area contributed by atoms with Crippen molar-refractivity contribution in [3.05, 3.63) is 41.1 Å². The minimum Gasteiger partial charge on any atom is -0.481 e. The Hall–Kier alpha value is -1.72. The number of ether oxygens (including phenoxy) is 1. The Bertz CT molecular complexity index is 648. The number of nitrogens with zero attached hydrogens (tertiary/aromatic N) is 3. The third kappa shape index (κ3) is 4.02. The molecule has 0 bridgehead atoms. The van der Waals surface area contributed by atoms with Crippen LogP contribution in [0.3, 0.4) is 0 Å². The number of hydrogen-bond acceptors (Lipinski definition) is 4. The van der Waals surface area contributed by atoms with Crippen molar-refractivity contribution in [1.82, 2.24) is 15.1 Å². The lowest BCUT2D eigenvalue weighted by Gasteiger charge is -2.17. The van der Waals surface area contributed by atoms with Gasteiger partial charge in [0.05, 0.1) is 18.4 Å². The molecule has 0 radical (unpaired) electrons. The number of rotatable bonds is 6. The summed E-state index contributed by atoms with van der Waals surface area (Å²) in [6.07, 6.45) is 2.63. The first-order valence-electron chi connectivity index (χ1n) is 8.30. The van der Waals surface area contributed by atoms with Crippen LogP contribution >= 0.6 is 12.4 Å². The topological polar surface area (TPSA) is 42.3 Å². The molecule has 1 N–H and O–H groups in total. The van der Waals surface area contributed by atoms with Gasteiger partial charge >= 0.3 is 0 Å². The molecule has 0 amide bonds. The fourth-order valence-electron chi connectivity index (χ4n) is 3.27. The summed E-state index contributed by atoms with van der Waals surface area (Å²) in [6.45, 7) is 6.01. The number of benzene rings is 1. The van der Waals surface area contributed by atoms with E-state index in [0.717, 1.165) is 30.2 Å². The Morgan fingerprint density at radius 1 is 1.12 bits per heavy atom. The normalized spacial score (nSPS) is 13.9. The average Bonchev–Trinajstić information content (AvgIpc) is 3.17. The first-order chi connectivity index (χ1) is 11.2. The van der Waals surface area contributed by atoms with Crippen LogP contribution in [0.5, 0.6) is 5.88 Å². The van der Waals surface area contributed by atoms with Crippen molar-refractivity contribution < 1.29 is 4.74 Å². The van der Waals surface area contributed by atoms with Gasteiger partial charge in [-0.3, -0.25) is 0 Å². The van der Waals surface area contributed by atoms with Gasteiger partial charge in [-0.15, -0.1) is 12.4 Å². The maximum atomic E-state index is 5.43. The van der Waals surface area contributed by atoms with Crippen LogP contribution in [0, 0.1) is 6.92 Å². The first-order valence-corrected chi connectivity index (χ1v) is 8.30. The van der Waals surface area contributed by atoms with Crippen LogP contribution in [0.1, 0.15) is 29.7 Å². The van der Waals surface area contributed by atoms with Crippen molar-refractivity contribution in [2.45, 2.75) is 32.9 Å². The Balaban J connectivity index is 0.00000208. The van der Waals surface area contributed by atoms with Gasteiger partial charge in [-0.1, -0.05) is 12.1 Å². The van der Waals surface area contributed by atoms with Gasteiger partial charge in [-0.2, -0.15) is 5.10 Å². The molecule has 1 aliphatic rings. The molecule has 0 saturated carbocycles. The second-order valence-electron chi connectivity index (χ2n) is 6.16. The van der Waals surface area contributed by atoms with E-state index in [1.54, 1.807) is 11.8 Å². The summed E-state index contributed by atoms with van der Waals surface area (Å²) in [5, 5.41) is 7.90. The molecular weight excluding hydrogens is 324 g/mol. The van der Waals surface area contributed by atoms with Crippen molar-refractivity contribution in [3.8, 4) is 5.88 Å². The van der Waals surface area contributed by atoms with E-state index >= 15 is 0 Å². The van der Waals surface area contributed by atoms with Crippen molar-refractivity contribution >= 4 is 18.1 Å². The third-order valence-electron chi connectivity index (χ3n) is 4.52. The zero-order valence-electron chi connectivity index (χ0n) is 14.7. The Kier molecular flexibility index (Phi) is 6.52. The fraction of sp³-hybridized carbons (Fsp3) is 0.500. The predicted molar refractivity (Wildman–Crippen MR) is 100 cm³/mol. The largest absolute Gasteiger partial charge is 0.481 e. The van der Waals surface area contributed by atoms with Gasteiger partial charge in [-0.25, -0.2) is 4.68 Å². The van der Waals surface area contributed by atoms with Crippen LogP contribution in [0.4, 0.5) is 5.69 Å². The van der Waals surface area contributed by atoms with Crippen LogP contribution in [0.2, 0.25) is 0 Å². The maximum Gasteiger partial charge on any atom is 0.216 e. The molecule has 1 saturated heterocycles. The summed E-state index contributed by atoms with van der Waals surface area (Å²) in [5.41, 5.74) is 4.79. The molecule has 6 heteroatoms. The zero-order valence-corrected chi connectivity index (χ0v) is 15.5. The second-order valence-corrected chi connectivity index (χ2v) is 6.16. The lowest BCUT2D eigenvalue weighted by atomic mass is 10.2. The highest BCUT2D eigenvalue weighted by atomic mass is 35.5. The monoisotopic (exact) mass is 350 g/mol. The molecular formula is C18H27ClN4O. The highest BCUT2D eigenvalue weighted by Crippen LogP contribution is 2.22. The quantitative estimate of drug-likeness (QED) is 0.869. The number of aryl methyl sites for hydroxylation is 2. The van der Waals surface area contributed by atoms with Crippen molar-refractivity contribution in [1.29, 1.82) is 0 Å². The standard InChI is InChI=1S/C18H26N4O.ClH/c1-14-17(18(23-3)21(2)20-14)13-19-12-15-6-8-16(9-7-15)22-10-4-5-11-22;/h6-9,19H,4-5,10-13H2,1-3H3;1H. The molecule has 132 valence electrons. The van der Waals surface area contributed by atoms with E-state index in [1.807, 2.05) is 14.0 Å². The smallest absolute Gasteiger partial charge is 0.216 e. The second kappa shape index (κ2) is 8.40. The minimum absolute atomic E-state index is 0. The van der Waals surface area contributed by atoms with Gasteiger partial charge < -0.3 is 15.0 Å².